The van der Waals surface area contributed by atoms with E-state index in [9.17, 15) is 9.59 Å². The molecule has 0 unspecified atom stereocenters. The Labute approximate surface area is 156 Å². The zero-order valence-corrected chi connectivity index (χ0v) is 14.2. The normalized spacial score (nSPS) is 9.74. The van der Waals surface area contributed by atoms with E-state index in [0.717, 1.165) is 0 Å². The minimum Gasteiger partial charge on any atom is -0.455 e. The minimum atomic E-state index is -0.848. The molecule has 2 amide bonds. The molecule has 0 fully saturated rings. The van der Waals surface area contributed by atoms with E-state index in [0.29, 0.717) is 28.4 Å². The van der Waals surface area contributed by atoms with Crippen LogP contribution in [0.5, 0.6) is 11.5 Å². The molecule has 2 N–H and O–H groups in total. The lowest BCUT2D eigenvalue weighted by Gasteiger charge is -2.12. The topological polar surface area (TPSA) is 91.2 Å². The van der Waals surface area contributed by atoms with Gasteiger partial charge >= 0.3 is 11.8 Å². The molecule has 0 heterocycles. The second-order valence-electron chi connectivity index (χ2n) is 5.51. The lowest BCUT2D eigenvalue weighted by molar-refractivity contribution is -0.133. The Morgan fingerprint density at radius 2 is 1.52 bits per heavy atom. The van der Waals surface area contributed by atoms with Gasteiger partial charge in [-0.05, 0) is 42.5 Å². The lowest BCUT2D eigenvalue weighted by atomic mass is 10.2. The van der Waals surface area contributed by atoms with Crippen LogP contribution < -0.4 is 15.4 Å². The summed E-state index contributed by atoms with van der Waals surface area (Å²) < 4.78 is 5.76. The zero-order chi connectivity index (χ0) is 19.1. The van der Waals surface area contributed by atoms with Crippen LogP contribution in [0.2, 0.25) is 0 Å². The van der Waals surface area contributed by atoms with Crippen LogP contribution in [0.25, 0.3) is 0 Å². The number of nitrogens with one attached hydrogen (secondary N) is 2. The van der Waals surface area contributed by atoms with Crippen LogP contribution in [0.4, 0.5) is 11.4 Å². The SMILES string of the molecule is N#Cc1cccc(NC(=O)C(=O)Nc2ccccc2Oc2ccccc2)c1. The molecule has 0 aromatic heterocycles. The van der Waals surface area contributed by atoms with Gasteiger partial charge in [-0.3, -0.25) is 9.59 Å². The van der Waals surface area contributed by atoms with Crippen molar-refractivity contribution < 1.29 is 14.3 Å². The fraction of sp³-hybridized carbons (Fsp3) is 0. The Balaban J connectivity index is 1.70. The van der Waals surface area contributed by atoms with Gasteiger partial charge in [0.05, 0.1) is 17.3 Å². The summed E-state index contributed by atoms with van der Waals surface area (Å²) in [7, 11) is 0. The molecule has 0 bridgehead atoms. The van der Waals surface area contributed by atoms with Crippen molar-refractivity contribution in [2.45, 2.75) is 0 Å². The first-order valence-corrected chi connectivity index (χ1v) is 8.10. The molecule has 0 aliphatic rings. The summed E-state index contributed by atoms with van der Waals surface area (Å²) in [5, 5.41) is 13.9. The Morgan fingerprint density at radius 3 is 2.30 bits per heavy atom. The number of carbonyl (C=O) groups excluding carboxylic acids is 2. The maximum absolute atomic E-state index is 12.2. The summed E-state index contributed by atoms with van der Waals surface area (Å²) in [6.07, 6.45) is 0. The third-order valence-electron chi connectivity index (χ3n) is 3.56. The molecule has 0 spiro atoms. The van der Waals surface area contributed by atoms with E-state index in [1.54, 1.807) is 54.6 Å². The first-order chi connectivity index (χ1) is 13.2. The van der Waals surface area contributed by atoms with Crippen molar-refractivity contribution in [1.82, 2.24) is 0 Å². The monoisotopic (exact) mass is 357 g/mol. The van der Waals surface area contributed by atoms with E-state index in [4.69, 9.17) is 10.00 Å². The summed E-state index contributed by atoms with van der Waals surface area (Å²) in [5.41, 5.74) is 1.12. The summed E-state index contributed by atoms with van der Waals surface area (Å²) in [5.74, 6) is -0.672. The maximum Gasteiger partial charge on any atom is 0.314 e. The van der Waals surface area contributed by atoms with Crippen LogP contribution in [0, 0.1) is 11.3 Å². The zero-order valence-electron chi connectivity index (χ0n) is 14.2. The number of hydrogen-bond donors (Lipinski definition) is 2. The van der Waals surface area contributed by atoms with Gasteiger partial charge in [0.15, 0.2) is 5.75 Å². The molecular weight excluding hydrogens is 342 g/mol. The minimum absolute atomic E-state index is 0.364. The van der Waals surface area contributed by atoms with Crippen molar-refractivity contribution in [3.63, 3.8) is 0 Å². The van der Waals surface area contributed by atoms with Gasteiger partial charge in [-0.2, -0.15) is 5.26 Å². The standard InChI is InChI=1S/C21H15N3O3/c22-14-15-7-6-8-16(13-15)23-20(25)21(26)24-18-11-4-5-12-19(18)27-17-9-2-1-3-10-17/h1-13H,(H,23,25)(H,24,26). The highest BCUT2D eigenvalue weighted by molar-refractivity contribution is 6.43. The summed E-state index contributed by atoms with van der Waals surface area (Å²) >= 11 is 0. The van der Waals surface area contributed by atoms with Crippen molar-refractivity contribution in [3.8, 4) is 17.6 Å². The Kier molecular flexibility index (Phi) is 5.45. The van der Waals surface area contributed by atoms with E-state index < -0.39 is 11.8 Å². The number of para-hydroxylation sites is 3. The molecular formula is C21H15N3O3. The molecule has 27 heavy (non-hydrogen) atoms. The second kappa shape index (κ2) is 8.32. The van der Waals surface area contributed by atoms with Crippen molar-refractivity contribution in [3.05, 3.63) is 84.4 Å². The van der Waals surface area contributed by atoms with Gasteiger partial charge in [-0.25, -0.2) is 0 Å². The molecule has 6 nitrogen and oxygen atoms in total. The quantitative estimate of drug-likeness (QED) is 0.692. The molecule has 0 radical (unpaired) electrons. The summed E-state index contributed by atoms with van der Waals surface area (Å²) in [6, 6.07) is 24.2. The first-order valence-electron chi connectivity index (χ1n) is 8.10. The van der Waals surface area contributed by atoms with Gasteiger partial charge in [0.25, 0.3) is 0 Å². The maximum atomic E-state index is 12.2. The second-order valence-corrected chi connectivity index (χ2v) is 5.51. The fourth-order valence-corrected chi connectivity index (χ4v) is 2.31. The van der Waals surface area contributed by atoms with Crippen LogP contribution >= 0.6 is 0 Å². The van der Waals surface area contributed by atoms with Crippen LogP contribution in [-0.4, -0.2) is 11.8 Å². The number of rotatable bonds is 4. The number of nitriles is 1. The summed E-state index contributed by atoms with van der Waals surface area (Å²) in [6.45, 7) is 0. The third kappa shape index (κ3) is 4.71. The van der Waals surface area contributed by atoms with Crippen LogP contribution in [0.15, 0.2) is 78.9 Å². The van der Waals surface area contributed by atoms with Gasteiger partial charge in [-0.15, -0.1) is 0 Å². The number of amides is 2. The van der Waals surface area contributed by atoms with Gasteiger partial charge in [-0.1, -0.05) is 36.4 Å². The highest BCUT2D eigenvalue weighted by atomic mass is 16.5. The van der Waals surface area contributed by atoms with Crippen molar-refractivity contribution in [1.29, 1.82) is 5.26 Å². The molecule has 3 aromatic carbocycles. The number of benzene rings is 3. The number of nitrogens with zero attached hydrogens (tertiary/aromatic N) is 1. The molecule has 6 heteroatoms. The van der Waals surface area contributed by atoms with E-state index in [1.807, 2.05) is 24.3 Å². The smallest absolute Gasteiger partial charge is 0.314 e. The molecule has 0 aliphatic carbocycles. The molecule has 0 saturated carbocycles. The molecule has 3 aromatic rings. The van der Waals surface area contributed by atoms with Crippen LogP contribution in [-0.2, 0) is 9.59 Å². The molecule has 3 rings (SSSR count). The van der Waals surface area contributed by atoms with E-state index in [2.05, 4.69) is 10.6 Å². The van der Waals surface area contributed by atoms with Gasteiger partial charge in [0.2, 0.25) is 0 Å². The average Bonchev–Trinajstić information content (AvgIpc) is 2.70. The van der Waals surface area contributed by atoms with Gasteiger partial charge < -0.3 is 15.4 Å². The van der Waals surface area contributed by atoms with E-state index in [-0.39, 0.29) is 0 Å². The highest BCUT2D eigenvalue weighted by Gasteiger charge is 2.16. The molecule has 0 aliphatic heterocycles. The van der Waals surface area contributed by atoms with Crippen molar-refractivity contribution >= 4 is 23.2 Å². The first kappa shape index (κ1) is 17.7. The number of anilines is 2. The predicted molar refractivity (Wildman–Crippen MR) is 101 cm³/mol. The molecule has 132 valence electrons. The van der Waals surface area contributed by atoms with Crippen molar-refractivity contribution in [2.75, 3.05) is 10.6 Å². The van der Waals surface area contributed by atoms with E-state index >= 15 is 0 Å². The molecule has 0 saturated heterocycles. The van der Waals surface area contributed by atoms with Crippen LogP contribution in [0.3, 0.4) is 0 Å². The summed E-state index contributed by atoms with van der Waals surface area (Å²) in [4.78, 5) is 24.4. The largest absolute Gasteiger partial charge is 0.455 e. The number of carbonyl (C=O) groups is 2. The van der Waals surface area contributed by atoms with Crippen LogP contribution in [0.1, 0.15) is 5.56 Å². The highest BCUT2D eigenvalue weighted by Crippen LogP contribution is 2.29. The predicted octanol–water partition coefficient (Wildman–Crippen LogP) is 3.93. The Bertz CT molecular complexity index is 1010. The average molecular weight is 357 g/mol. The van der Waals surface area contributed by atoms with Crippen molar-refractivity contribution in [2.24, 2.45) is 0 Å². The van der Waals surface area contributed by atoms with Gasteiger partial charge in [0.1, 0.15) is 5.75 Å². The Morgan fingerprint density at radius 1 is 0.815 bits per heavy atom. The number of ether oxygens (including phenoxy) is 1. The lowest BCUT2D eigenvalue weighted by Crippen LogP contribution is -2.29. The molecule has 0 atom stereocenters. The third-order valence-corrected chi connectivity index (χ3v) is 3.56. The Hall–Kier alpha value is -4.11. The van der Waals surface area contributed by atoms with E-state index in [1.165, 1.54) is 6.07 Å². The fourth-order valence-electron chi connectivity index (χ4n) is 2.31. The van der Waals surface area contributed by atoms with Gasteiger partial charge in [0, 0.05) is 5.69 Å². The number of hydrogen-bond acceptors (Lipinski definition) is 4.